The third-order valence-corrected chi connectivity index (χ3v) is 2.35. The monoisotopic (exact) mass is 292 g/mol. The first kappa shape index (κ1) is 17.2. The minimum absolute atomic E-state index is 0.353. The van der Waals surface area contributed by atoms with E-state index in [-0.39, 0.29) is 0 Å². The number of hydrogen-bond acceptors (Lipinski definition) is 4. The number of aryl methyl sites for hydroxylation is 1. The lowest BCUT2D eigenvalue weighted by Crippen LogP contribution is -2.25. The number of hydrogen-bond donors (Lipinski definition) is 0. The molecule has 0 atom stereocenters. The molecule has 0 aliphatic carbocycles. The number of carbonyl (C=O) groups excluding carboxylic acids is 2. The predicted molar refractivity (Wildman–Crippen MR) is 81.5 cm³/mol. The Labute approximate surface area is 126 Å². The van der Waals surface area contributed by atoms with Crippen molar-refractivity contribution >= 4 is 11.9 Å². The lowest BCUT2D eigenvalue weighted by molar-refractivity contribution is 0.00676. The van der Waals surface area contributed by atoms with Gasteiger partial charge < -0.3 is 9.47 Å². The topological polar surface area (TPSA) is 52.6 Å². The van der Waals surface area contributed by atoms with Gasteiger partial charge in [-0.1, -0.05) is 0 Å². The van der Waals surface area contributed by atoms with Gasteiger partial charge in [0, 0.05) is 0 Å². The number of ether oxygens (including phenoxy) is 2. The summed E-state index contributed by atoms with van der Waals surface area (Å²) in [6.07, 6.45) is 0. The molecule has 0 aliphatic heterocycles. The summed E-state index contributed by atoms with van der Waals surface area (Å²) in [5.74, 6) is -0.896. The average Bonchev–Trinajstić information content (AvgIpc) is 2.23. The molecule has 21 heavy (non-hydrogen) atoms. The molecule has 0 fully saturated rings. The standard InChI is InChI=1S/C17H24O4/c1-11-8-12(14(18)20-16(2,3)4)10-13(9-11)15(19)21-17(5,6)7/h8-10H,1-7H3. The number of rotatable bonds is 2. The molecule has 0 saturated heterocycles. The molecule has 0 spiro atoms. The molecule has 0 N–H and O–H groups in total. The van der Waals surface area contributed by atoms with Crippen molar-refractivity contribution in [3.05, 3.63) is 34.9 Å². The van der Waals surface area contributed by atoms with Crippen LogP contribution in [0, 0.1) is 6.92 Å². The molecule has 1 rings (SSSR count). The summed E-state index contributed by atoms with van der Waals surface area (Å²) < 4.78 is 10.6. The Bertz CT molecular complexity index is 499. The van der Waals surface area contributed by atoms with E-state index >= 15 is 0 Å². The second-order valence-electron chi connectivity index (χ2n) is 7.09. The van der Waals surface area contributed by atoms with Crippen LogP contribution >= 0.6 is 0 Å². The fraction of sp³-hybridized carbons (Fsp3) is 0.529. The summed E-state index contributed by atoms with van der Waals surface area (Å²) in [5.41, 5.74) is 0.357. The van der Waals surface area contributed by atoms with Crippen LogP contribution in [0.3, 0.4) is 0 Å². The lowest BCUT2D eigenvalue weighted by Gasteiger charge is -2.21. The zero-order valence-corrected chi connectivity index (χ0v) is 13.9. The smallest absolute Gasteiger partial charge is 0.338 e. The Kier molecular flexibility index (Phi) is 4.82. The van der Waals surface area contributed by atoms with Gasteiger partial charge in [-0.05, 0) is 72.2 Å². The summed E-state index contributed by atoms with van der Waals surface area (Å²) in [4.78, 5) is 24.2. The van der Waals surface area contributed by atoms with Gasteiger partial charge in [0.1, 0.15) is 11.2 Å². The summed E-state index contributed by atoms with van der Waals surface area (Å²) >= 11 is 0. The van der Waals surface area contributed by atoms with Crippen molar-refractivity contribution in [3.63, 3.8) is 0 Å². The number of carbonyl (C=O) groups is 2. The highest BCUT2D eigenvalue weighted by atomic mass is 16.6. The van der Waals surface area contributed by atoms with Crippen LogP contribution in [0.1, 0.15) is 67.8 Å². The maximum Gasteiger partial charge on any atom is 0.338 e. The second-order valence-corrected chi connectivity index (χ2v) is 7.09. The Morgan fingerprint density at radius 1 is 0.762 bits per heavy atom. The minimum atomic E-state index is -0.576. The van der Waals surface area contributed by atoms with E-state index in [1.165, 1.54) is 6.07 Å². The van der Waals surface area contributed by atoms with Crippen LogP contribution in [0.4, 0.5) is 0 Å². The van der Waals surface area contributed by atoms with Crippen molar-refractivity contribution in [2.24, 2.45) is 0 Å². The first-order valence-corrected chi connectivity index (χ1v) is 6.96. The van der Waals surface area contributed by atoms with Crippen molar-refractivity contribution in [3.8, 4) is 0 Å². The third-order valence-electron chi connectivity index (χ3n) is 2.35. The first-order valence-electron chi connectivity index (χ1n) is 6.96. The number of benzene rings is 1. The molecule has 0 amide bonds. The normalized spacial score (nSPS) is 12.0. The van der Waals surface area contributed by atoms with Gasteiger partial charge in [0.25, 0.3) is 0 Å². The molecular formula is C17H24O4. The number of esters is 2. The minimum Gasteiger partial charge on any atom is -0.456 e. The fourth-order valence-electron chi connectivity index (χ4n) is 1.69. The largest absolute Gasteiger partial charge is 0.456 e. The molecule has 116 valence electrons. The van der Waals surface area contributed by atoms with E-state index in [0.717, 1.165) is 5.56 Å². The summed E-state index contributed by atoms with van der Waals surface area (Å²) in [5, 5.41) is 0. The van der Waals surface area contributed by atoms with E-state index in [0.29, 0.717) is 11.1 Å². The summed E-state index contributed by atoms with van der Waals surface area (Å²) in [6, 6.07) is 4.90. The molecule has 0 unspecified atom stereocenters. The predicted octanol–water partition coefficient (Wildman–Crippen LogP) is 3.91. The SMILES string of the molecule is Cc1cc(C(=O)OC(C)(C)C)cc(C(=O)OC(C)(C)C)c1. The van der Waals surface area contributed by atoms with E-state index in [2.05, 4.69) is 0 Å². The summed E-state index contributed by atoms with van der Waals surface area (Å²) in [7, 11) is 0. The van der Waals surface area contributed by atoms with Crippen molar-refractivity contribution in [1.82, 2.24) is 0 Å². The van der Waals surface area contributed by atoms with Gasteiger partial charge in [-0.2, -0.15) is 0 Å². The molecule has 1 aromatic rings. The summed E-state index contributed by atoms with van der Waals surface area (Å²) in [6.45, 7) is 12.6. The highest BCUT2D eigenvalue weighted by molar-refractivity contribution is 5.96. The molecule has 4 heteroatoms. The second kappa shape index (κ2) is 5.88. The van der Waals surface area contributed by atoms with Gasteiger partial charge in [0.05, 0.1) is 11.1 Å². The molecule has 0 bridgehead atoms. The highest BCUT2D eigenvalue weighted by Crippen LogP contribution is 2.18. The Balaban J connectivity index is 3.05. The zero-order chi connectivity index (χ0) is 16.4. The van der Waals surface area contributed by atoms with Gasteiger partial charge >= 0.3 is 11.9 Å². The van der Waals surface area contributed by atoms with Crippen LogP contribution in [0.25, 0.3) is 0 Å². The molecule has 0 aliphatic rings. The maximum absolute atomic E-state index is 12.1. The molecular weight excluding hydrogens is 268 g/mol. The van der Waals surface area contributed by atoms with Crippen LogP contribution in [0.5, 0.6) is 0 Å². The van der Waals surface area contributed by atoms with Crippen LogP contribution in [0.2, 0.25) is 0 Å². The van der Waals surface area contributed by atoms with E-state index < -0.39 is 23.1 Å². The van der Waals surface area contributed by atoms with Crippen LogP contribution < -0.4 is 0 Å². The first-order chi connectivity index (χ1) is 9.37. The van der Waals surface area contributed by atoms with Crippen molar-refractivity contribution in [1.29, 1.82) is 0 Å². The van der Waals surface area contributed by atoms with Crippen LogP contribution in [-0.2, 0) is 9.47 Å². The van der Waals surface area contributed by atoms with Gasteiger partial charge in [0.2, 0.25) is 0 Å². The Morgan fingerprint density at radius 3 is 1.38 bits per heavy atom. The van der Waals surface area contributed by atoms with Gasteiger partial charge in [-0.15, -0.1) is 0 Å². The van der Waals surface area contributed by atoms with E-state index in [4.69, 9.17) is 9.47 Å². The molecule has 0 aromatic heterocycles. The third kappa shape index (κ3) is 5.98. The zero-order valence-electron chi connectivity index (χ0n) is 13.9. The molecule has 1 aromatic carbocycles. The average molecular weight is 292 g/mol. The van der Waals surface area contributed by atoms with E-state index in [1.54, 1.807) is 53.7 Å². The van der Waals surface area contributed by atoms with Crippen molar-refractivity contribution in [2.75, 3.05) is 0 Å². The molecule has 0 saturated carbocycles. The van der Waals surface area contributed by atoms with Gasteiger partial charge in [-0.3, -0.25) is 0 Å². The lowest BCUT2D eigenvalue weighted by atomic mass is 10.1. The van der Waals surface area contributed by atoms with Gasteiger partial charge in [0.15, 0.2) is 0 Å². The van der Waals surface area contributed by atoms with E-state index in [1.807, 2.05) is 6.92 Å². The Hall–Kier alpha value is -1.84. The van der Waals surface area contributed by atoms with Crippen LogP contribution in [-0.4, -0.2) is 23.1 Å². The molecule has 4 nitrogen and oxygen atoms in total. The van der Waals surface area contributed by atoms with Gasteiger partial charge in [-0.25, -0.2) is 9.59 Å². The van der Waals surface area contributed by atoms with E-state index in [9.17, 15) is 9.59 Å². The molecule has 0 heterocycles. The van der Waals surface area contributed by atoms with Crippen LogP contribution in [0.15, 0.2) is 18.2 Å². The fourth-order valence-corrected chi connectivity index (χ4v) is 1.69. The Morgan fingerprint density at radius 2 is 1.10 bits per heavy atom. The quantitative estimate of drug-likeness (QED) is 0.776. The van der Waals surface area contributed by atoms with Crippen molar-refractivity contribution < 1.29 is 19.1 Å². The highest BCUT2D eigenvalue weighted by Gasteiger charge is 2.22. The maximum atomic E-state index is 12.1. The van der Waals surface area contributed by atoms with Crippen molar-refractivity contribution in [2.45, 2.75) is 59.7 Å². The molecule has 0 radical (unpaired) electrons.